The van der Waals surface area contributed by atoms with Gasteiger partial charge < -0.3 is 73.3 Å². The van der Waals surface area contributed by atoms with E-state index in [1.54, 1.807) is 19.9 Å². The van der Waals surface area contributed by atoms with Crippen molar-refractivity contribution in [3.05, 3.63) is 23.8 Å². The summed E-state index contributed by atoms with van der Waals surface area (Å²) in [4.78, 5) is 128. The van der Waals surface area contributed by atoms with Crippen LogP contribution in [-0.2, 0) is 49.6 Å². The van der Waals surface area contributed by atoms with Gasteiger partial charge in [0.15, 0.2) is 0 Å². The zero-order chi connectivity index (χ0) is 46.3. The van der Waals surface area contributed by atoms with Crippen molar-refractivity contribution >= 4 is 75.8 Å². The van der Waals surface area contributed by atoms with Crippen LogP contribution in [0.2, 0.25) is 0 Å². The standard InChI is InChI=1S/C39H54N10O13S/c1-4-16(2)31-36(60)42-11-28(55)43-23-15-63-38-19(30-20(46-38)6-5-7-25(30)52)9-21(33(57)41-12-29(56)47-31)44-37(61)32(17(3)26(53)14-50)48-35(59)24-8-18(51)13-49(24)39(62)22(10-27(40)54)45-34(23)58/h5-7,16-18,21-24,26,31-32,46,50-53H,4,8-15H2,1-3H3,(H2,40,54)(H,41,57)(H,42,60)(H,43,55)(H,44,61)(H,45,58)(H,47,56)(H,48,59)/t16-,17-,18+,21+,22?,23-,24-,26-,31-,32-/m0/s1. The van der Waals surface area contributed by atoms with Crippen LogP contribution in [0.3, 0.4) is 0 Å². The van der Waals surface area contributed by atoms with Crippen molar-refractivity contribution in [2.45, 2.75) is 99.9 Å². The number of carbonyl (C=O) groups excluding carboxylic acids is 9. The van der Waals surface area contributed by atoms with Gasteiger partial charge in [-0.25, -0.2) is 0 Å². The number of nitrogens with one attached hydrogen (secondary N) is 8. The molecule has 0 saturated carbocycles. The molecule has 3 aliphatic heterocycles. The molecule has 5 rings (SSSR count). The van der Waals surface area contributed by atoms with Gasteiger partial charge in [0.25, 0.3) is 0 Å². The third kappa shape index (κ3) is 11.5. The lowest BCUT2D eigenvalue weighted by Crippen LogP contribution is -2.62. The van der Waals surface area contributed by atoms with Gasteiger partial charge in [0.1, 0.15) is 42.0 Å². The van der Waals surface area contributed by atoms with Crippen molar-refractivity contribution in [1.82, 2.24) is 47.1 Å². The lowest BCUT2D eigenvalue weighted by atomic mass is 9.93. The van der Waals surface area contributed by atoms with Gasteiger partial charge in [0, 0.05) is 36.4 Å². The number of aliphatic hydroxyl groups is 3. The molecule has 1 aromatic heterocycles. The Morgan fingerprint density at radius 3 is 2.22 bits per heavy atom. The zero-order valence-electron chi connectivity index (χ0n) is 34.8. The molecule has 2 aromatic rings. The van der Waals surface area contributed by atoms with E-state index in [1.807, 2.05) is 0 Å². The highest BCUT2D eigenvalue weighted by atomic mass is 32.2. The third-order valence-corrected chi connectivity index (χ3v) is 12.5. The molecule has 0 radical (unpaired) electrons. The fourth-order valence-electron chi connectivity index (χ4n) is 7.61. The topological polar surface area (TPSA) is 364 Å². The summed E-state index contributed by atoms with van der Waals surface area (Å²) in [5, 5.41) is 60.3. The lowest BCUT2D eigenvalue weighted by Gasteiger charge is -2.32. The first kappa shape index (κ1) is 48.1. The first-order valence-electron chi connectivity index (χ1n) is 20.4. The highest BCUT2D eigenvalue weighted by molar-refractivity contribution is 7.99. The van der Waals surface area contributed by atoms with Crippen LogP contribution < -0.4 is 43.0 Å². The first-order chi connectivity index (χ1) is 29.8. The van der Waals surface area contributed by atoms with E-state index in [1.165, 1.54) is 19.1 Å². The Labute approximate surface area is 364 Å². The molecule has 14 N–H and O–H groups in total. The maximum atomic E-state index is 14.4. The second-order valence-electron chi connectivity index (χ2n) is 15.9. The highest BCUT2D eigenvalue weighted by Crippen LogP contribution is 2.36. The SMILES string of the molecule is CC[C@H](C)[C@@H]1NC(=O)CNC(=O)[C@H]2Cc3c([nH]c4cccc(O)c34)SC[C@H](NC(=O)CNC1=O)C(=O)NC(CC(N)=O)C(=O)N1C[C@H](O)C[C@H]1C(=O)N[C@@H]([C@@H](C)[C@@H](O)CO)C(=O)N2. The summed E-state index contributed by atoms with van der Waals surface area (Å²) in [7, 11) is 0. The van der Waals surface area contributed by atoms with Gasteiger partial charge in [-0.1, -0.05) is 33.3 Å². The summed E-state index contributed by atoms with van der Waals surface area (Å²) >= 11 is 0.923. The molecule has 344 valence electrons. The number of aromatic hydroxyl groups is 1. The number of thioether (sulfide) groups is 1. The molecular weight excluding hydrogens is 849 g/mol. The summed E-state index contributed by atoms with van der Waals surface area (Å²) in [5.74, 6) is -10.9. The molecule has 10 atom stereocenters. The highest BCUT2D eigenvalue weighted by Gasteiger charge is 2.45. The van der Waals surface area contributed by atoms with Gasteiger partial charge in [-0.2, -0.15) is 0 Å². The number of rotatable bonds is 7. The number of fused-ring (bicyclic) bond motifs is 5. The smallest absolute Gasteiger partial charge is 0.246 e. The molecule has 1 aromatic carbocycles. The van der Waals surface area contributed by atoms with Gasteiger partial charge in [0.2, 0.25) is 53.2 Å². The number of aliphatic hydroxyl groups excluding tert-OH is 3. The van der Waals surface area contributed by atoms with Crippen molar-refractivity contribution in [1.29, 1.82) is 0 Å². The van der Waals surface area contributed by atoms with Gasteiger partial charge in [-0.05, 0) is 23.6 Å². The van der Waals surface area contributed by atoms with Crippen LogP contribution in [0.15, 0.2) is 23.2 Å². The summed E-state index contributed by atoms with van der Waals surface area (Å²) < 4.78 is 0. The molecule has 3 aliphatic rings. The van der Waals surface area contributed by atoms with Crippen LogP contribution in [-0.4, -0.2) is 164 Å². The summed E-state index contributed by atoms with van der Waals surface area (Å²) in [6.45, 7) is 2.03. The molecule has 1 fully saturated rings. The molecule has 23 nitrogen and oxygen atoms in total. The van der Waals surface area contributed by atoms with E-state index in [9.17, 15) is 63.6 Å². The number of benzene rings is 1. The number of phenolic OH excluding ortho intramolecular Hbond substituents is 1. The average molecular weight is 903 g/mol. The second-order valence-corrected chi connectivity index (χ2v) is 16.9. The summed E-state index contributed by atoms with van der Waals surface area (Å²) in [6.07, 6.45) is -4.12. The van der Waals surface area contributed by atoms with Crippen LogP contribution in [0.25, 0.3) is 10.9 Å². The minimum absolute atomic E-state index is 0.193. The van der Waals surface area contributed by atoms with Gasteiger partial charge in [0.05, 0.1) is 48.9 Å². The minimum Gasteiger partial charge on any atom is -0.507 e. The Morgan fingerprint density at radius 1 is 0.873 bits per heavy atom. The molecule has 24 heteroatoms. The predicted octanol–water partition coefficient (Wildman–Crippen LogP) is -4.94. The Kier molecular flexibility index (Phi) is 16.0. The Morgan fingerprint density at radius 2 is 1.56 bits per heavy atom. The lowest BCUT2D eigenvalue weighted by molar-refractivity contribution is -0.144. The normalized spacial score (nSPS) is 27.6. The van der Waals surface area contributed by atoms with Crippen LogP contribution in [0.1, 0.15) is 45.6 Å². The largest absolute Gasteiger partial charge is 0.507 e. The van der Waals surface area contributed by atoms with E-state index < -0.39 is 153 Å². The Bertz CT molecular complexity index is 2120. The molecule has 2 bridgehead atoms. The number of phenols is 1. The molecule has 63 heavy (non-hydrogen) atoms. The zero-order valence-corrected chi connectivity index (χ0v) is 35.6. The molecule has 0 spiro atoms. The van der Waals surface area contributed by atoms with Crippen molar-refractivity contribution in [2.24, 2.45) is 17.6 Å². The van der Waals surface area contributed by atoms with Crippen LogP contribution in [0.4, 0.5) is 0 Å². The third-order valence-electron chi connectivity index (χ3n) is 11.4. The van der Waals surface area contributed by atoms with E-state index in [-0.39, 0.29) is 33.9 Å². The van der Waals surface area contributed by atoms with E-state index in [2.05, 4.69) is 42.2 Å². The number of nitrogens with zero attached hydrogens (tertiary/aromatic N) is 1. The number of carbonyl (C=O) groups is 9. The van der Waals surface area contributed by atoms with E-state index >= 15 is 0 Å². The number of aromatic nitrogens is 1. The molecule has 9 amide bonds. The molecule has 0 aliphatic carbocycles. The predicted molar refractivity (Wildman–Crippen MR) is 222 cm³/mol. The second kappa shape index (κ2) is 20.9. The Balaban J connectivity index is 1.71. The van der Waals surface area contributed by atoms with Gasteiger partial charge in [-0.3, -0.25) is 43.2 Å². The van der Waals surface area contributed by atoms with Gasteiger partial charge in [-0.15, -0.1) is 11.8 Å². The Hall–Kier alpha value is -5.98. The quantitative estimate of drug-likeness (QED) is 0.124. The molecular formula is C39H54N10O13S. The average Bonchev–Trinajstić information content (AvgIpc) is 3.82. The number of amides is 9. The van der Waals surface area contributed by atoms with E-state index in [0.29, 0.717) is 11.9 Å². The summed E-state index contributed by atoms with van der Waals surface area (Å²) in [6, 6.07) is -4.88. The number of aromatic amines is 1. The van der Waals surface area contributed by atoms with Crippen LogP contribution in [0.5, 0.6) is 5.75 Å². The summed E-state index contributed by atoms with van der Waals surface area (Å²) in [5.41, 5.74) is 6.06. The molecule has 1 saturated heterocycles. The monoisotopic (exact) mass is 902 g/mol. The van der Waals surface area contributed by atoms with Crippen molar-refractivity contribution in [3.8, 4) is 5.75 Å². The number of primary amides is 1. The number of hydrogen-bond donors (Lipinski definition) is 13. The van der Waals surface area contributed by atoms with Crippen molar-refractivity contribution < 1.29 is 63.6 Å². The minimum atomic E-state index is -1.75. The van der Waals surface area contributed by atoms with Crippen LogP contribution >= 0.6 is 11.8 Å². The van der Waals surface area contributed by atoms with Crippen molar-refractivity contribution in [3.63, 3.8) is 0 Å². The fourth-order valence-corrected chi connectivity index (χ4v) is 8.72. The molecule has 1 unspecified atom stereocenters. The number of nitrogens with two attached hydrogens (primary N) is 1. The van der Waals surface area contributed by atoms with E-state index in [0.717, 1.165) is 16.7 Å². The van der Waals surface area contributed by atoms with Gasteiger partial charge >= 0.3 is 0 Å². The van der Waals surface area contributed by atoms with Crippen molar-refractivity contribution in [2.75, 3.05) is 32.0 Å². The first-order valence-corrected chi connectivity index (χ1v) is 21.4. The maximum absolute atomic E-state index is 14.4. The van der Waals surface area contributed by atoms with E-state index in [4.69, 9.17) is 5.73 Å². The number of H-pyrrole nitrogens is 1. The maximum Gasteiger partial charge on any atom is 0.246 e. The number of hydrogen-bond acceptors (Lipinski definition) is 14. The fraction of sp³-hybridized carbons (Fsp3) is 0.564. The van der Waals surface area contributed by atoms with Crippen LogP contribution in [0, 0.1) is 11.8 Å². The molecule has 4 heterocycles.